The van der Waals surface area contributed by atoms with Gasteiger partial charge < -0.3 is 10.4 Å². The number of aliphatic hydroxyl groups excluding tert-OH is 1. The van der Waals surface area contributed by atoms with E-state index in [1.807, 2.05) is 31.2 Å². The third kappa shape index (κ3) is 4.29. The highest BCUT2D eigenvalue weighted by Gasteiger charge is 2.15. The fourth-order valence-electron chi connectivity index (χ4n) is 2.22. The summed E-state index contributed by atoms with van der Waals surface area (Å²) < 4.78 is 13.5. The number of aryl methyl sites for hydroxylation is 1. The normalized spacial score (nSPS) is 12.0. The molecule has 22 heavy (non-hydrogen) atoms. The number of hydrogen-bond acceptors (Lipinski definition) is 2. The van der Waals surface area contributed by atoms with Crippen LogP contribution in [0.4, 0.5) is 4.39 Å². The lowest BCUT2D eigenvalue weighted by Gasteiger charge is -2.17. The van der Waals surface area contributed by atoms with Gasteiger partial charge in [-0.3, -0.25) is 4.79 Å². The minimum absolute atomic E-state index is 0.00604. The van der Waals surface area contributed by atoms with Gasteiger partial charge in [-0.2, -0.15) is 0 Å². The Morgan fingerprint density at radius 1 is 1.32 bits per heavy atom. The minimum Gasteiger partial charge on any atom is -0.394 e. The molecule has 5 heteroatoms. The lowest BCUT2D eigenvalue weighted by molar-refractivity contribution is -0.121. The molecule has 2 rings (SSSR count). The van der Waals surface area contributed by atoms with Crippen LogP contribution in [0.5, 0.6) is 0 Å². The van der Waals surface area contributed by atoms with Crippen LogP contribution in [-0.2, 0) is 11.2 Å². The summed E-state index contributed by atoms with van der Waals surface area (Å²) in [5.41, 5.74) is 2.43. The van der Waals surface area contributed by atoms with Crippen molar-refractivity contribution >= 4 is 17.5 Å². The Bertz CT molecular complexity index is 675. The van der Waals surface area contributed by atoms with Crippen molar-refractivity contribution in [2.24, 2.45) is 0 Å². The van der Waals surface area contributed by atoms with Crippen LogP contribution >= 0.6 is 11.6 Å². The highest BCUT2D eigenvalue weighted by atomic mass is 35.5. The lowest BCUT2D eigenvalue weighted by Crippen LogP contribution is -2.32. The van der Waals surface area contributed by atoms with E-state index >= 15 is 0 Å². The van der Waals surface area contributed by atoms with Crippen molar-refractivity contribution in [2.45, 2.75) is 19.4 Å². The largest absolute Gasteiger partial charge is 0.394 e. The summed E-state index contributed by atoms with van der Waals surface area (Å²) in [4.78, 5) is 12.1. The van der Waals surface area contributed by atoms with Gasteiger partial charge in [-0.1, -0.05) is 47.5 Å². The van der Waals surface area contributed by atoms with Crippen LogP contribution in [0, 0.1) is 12.7 Å². The molecule has 2 aromatic rings. The molecule has 1 unspecified atom stereocenters. The molecule has 0 spiro atoms. The van der Waals surface area contributed by atoms with Crippen molar-refractivity contribution in [1.82, 2.24) is 5.32 Å². The second-order valence-corrected chi connectivity index (χ2v) is 5.55. The second kappa shape index (κ2) is 7.38. The van der Waals surface area contributed by atoms with Crippen LogP contribution in [0.15, 0.2) is 42.5 Å². The van der Waals surface area contributed by atoms with Crippen LogP contribution in [-0.4, -0.2) is 17.6 Å². The summed E-state index contributed by atoms with van der Waals surface area (Å²) in [6.45, 7) is 1.63. The molecule has 0 fully saturated rings. The molecule has 3 nitrogen and oxygen atoms in total. The summed E-state index contributed by atoms with van der Waals surface area (Å²) >= 11 is 5.63. The van der Waals surface area contributed by atoms with E-state index in [0.717, 1.165) is 11.1 Å². The second-order valence-electron chi connectivity index (χ2n) is 5.14. The first kappa shape index (κ1) is 16.5. The van der Waals surface area contributed by atoms with Crippen LogP contribution in [0.3, 0.4) is 0 Å². The minimum atomic E-state index is -0.663. The Kier molecular flexibility index (Phi) is 5.52. The Hall–Kier alpha value is -1.91. The predicted octanol–water partition coefficient (Wildman–Crippen LogP) is 3.18. The first-order valence-corrected chi connectivity index (χ1v) is 7.28. The molecule has 0 aliphatic rings. The van der Waals surface area contributed by atoms with Crippen LogP contribution in [0.1, 0.15) is 22.7 Å². The summed E-state index contributed by atoms with van der Waals surface area (Å²) in [5, 5.41) is 12.1. The number of aliphatic hydroxyl groups is 1. The molecule has 0 saturated carbocycles. The van der Waals surface area contributed by atoms with E-state index in [4.69, 9.17) is 11.6 Å². The van der Waals surface area contributed by atoms with Gasteiger partial charge in [0.2, 0.25) is 5.91 Å². The number of carbonyl (C=O) groups excluding carboxylic acids is 1. The van der Waals surface area contributed by atoms with Crippen LogP contribution in [0.2, 0.25) is 5.02 Å². The average molecular weight is 322 g/mol. The standard InChI is InChI=1S/C17H17ClFNO2/c1-11-3-2-4-12(7-11)8-17(22)20-16(10-21)13-5-6-14(18)15(19)9-13/h2-7,9,16,21H,8,10H2,1H3,(H,20,22). The summed E-state index contributed by atoms with van der Waals surface area (Å²) in [6, 6.07) is 11.2. The molecule has 0 saturated heterocycles. The van der Waals surface area contributed by atoms with E-state index in [1.54, 1.807) is 6.07 Å². The molecule has 0 bridgehead atoms. The number of halogens is 2. The predicted molar refractivity (Wildman–Crippen MR) is 84.3 cm³/mol. The number of amides is 1. The first-order valence-electron chi connectivity index (χ1n) is 6.90. The molecule has 2 aromatic carbocycles. The van der Waals surface area contributed by atoms with Gasteiger partial charge in [-0.25, -0.2) is 4.39 Å². The molecule has 0 radical (unpaired) electrons. The molecule has 2 N–H and O–H groups in total. The van der Waals surface area contributed by atoms with Crippen LogP contribution in [0.25, 0.3) is 0 Å². The molecule has 0 aromatic heterocycles. The third-order valence-electron chi connectivity index (χ3n) is 3.31. The first-order chi connectivity index (χ1) is 10.5. The summed E-state index contributed by atoms with van der Waals surface area (Å²) in [6.07, 6.45) is 0.203. The number of nitrogens with one attached hydrogen (secondary N) is 1. The molecular weight excluding hydrogens is 305 g/mol. The van der Waals surface area contributed by atoms with E-state index in [2.05, 4.69) is 5.32 Å². The van der Waals surface area contributed by atoms with Crippen molar-refractivity contribution < 1.29 is 14.3 Å². The van der Waals surface area contributed by atoms with Gasteiger partial charge in [0.25, 0.3) is 0 Å². The fraction of sp³-hybridized carbons (Fsp3) is 0.235. The Morgan fingerprint density at radius 2 is 2.09 bits per heavy atom. The van der Waals surface area contributed by atoms with Gasteiger partial charge in [0.15, 0.2) is 0 Å². The molecule has 0 aliphatic carbocycles. The zero-order valence-corrected chi connectivity index (χ0v) is 12.9. The molecule has 0 aliphatic heterocycles. The van der Waals surface area contributed by atoms with E-state index in [-0.39, 0.29) is 24.0 Å². The van der Waals surface area contributed by atoms with Crippen molar-refractivity contribution in [1.29, 1.82) is 0 Å². The monoisotopic (exact) mass is 321 g/mol. The number of rotatable bonds is 5. The van der Waals surface area contributed by atoms with E-state index < -0.39 is 11.9 Å². The topological polar surface area (TPSA) is 49.3 Å². The van der Waals surface area contributed by atoms with E-state index in [1.165, 1.54) is 12.1 Å². The Balaban J connectivity index is 2.06. The summed E-state index contributed by atoms with van der Waals surface area (Å²) in [7, 11) is 0. The number of hydrogen-bond donors (Lipinski definition) is 2. The fourth-order valence-corrected chi connectivity index (χ4v) is 2.33. The maximum atomic E-state index is 13.5. The van der Waals surface area contributed by atoms with Gasteiger partial charge in [-0.15, -0.1) is 0 Å². The van der Waals surface area contributed by atoms with E-state index in [9.17, 15) is 14.3 Å². The van der Waals surface area contributed by atoms with Crippen molar-refractivity contribution in [3.63, 3.8) is 0 Å². The maximum Gasteiger partial charge on any atom is 0.224 e. The third-order valence-corrected chi connectivity index (χ3v) is 3.62. The maximum absolute atomic E-state index is 13.5. The zero-order valence-electron chi connectivity index (χ0n) is 12.1. The molecule has 116 valence electrons. The average Bonchev–Trinajstić information content (AvgIpc) is 2.48. The van der Waals surface area contributed by atoms with Crippen molar-refractivity contribution in [3.8, 4) is 0 Å². The van der Waals surface area contributed by atoms with Crippen LogP contribution < -0.4 is 5.32 Å². The SMILES string of the molecule is Cc1cccc(CC(=O)NC(CO)c2ccc(Cl)c(F)c2)c1. The Morgan fingerprint density at radius 3 is 2.73 bits per heavy atom. The zero-order chi connectivity index (χ0) is 16.1. The molecule has 0 heterocycles. The lowest BCUT2D eigenvalue weighted by atomic mass is 10.1. The van der Waals surface area contributed by atoms with Gasteiger partial charge in [0, 0.05) is 0 Å². The molecule has 1 atom stereocenters. The van der Waals surface area contributed by atoms with E-state index in [0.29, 0.717) is 5.56 Å². The summed E-state index contributed by atoms with van der Waals surface area (Å²) in [5.74, 6) is -0.814. The van der Waals surface area contributed by atoms with Gasteiger partial charge in [-0.05, 0) is 30.2 Å². The van der Waals surface area contributed by atoms with Crippen molar-refractivity contribution in [3.05, 3.63) is 70.0 Å². The highest BCUT2D eigenvalue weighted by molar-refractivity contribution is 6.30. The number of benzene rings is 2. The smallest absolute Gasteiger partial charge is 0.224 e. The quantitative estimate of drug-likeness (QED) is 0.888. The molecule has 1 amide bonds. The Labute approximate surface area is 133 Å². The molecular formula is C17H17ClFNO2. The van der Waals surface area contributed by atoms with Gasteiger partial charge >= 0.3 is 0 Å². The number of carbonyl (C=O) groups is 1. The van der Waals surface area contributed by atoms with Crippen molar-refractivity contribution in [2.75, 3.05) is 6.61 Å². The van der Waals surface area contributed by atoms with Gasteiger partial charge in [0.1, 0.15) is 5.82 Å². The van der Waals surface area contributed by atoms with Gasteiger partial charge in [0.05, 0.1) is 24.1 Å². The highest BCUT2D eigenvalue weighted by Crippen LogP contribution is 2.20.